The van der Waals surface area contributed by atoms with Crippen LogP contribution in [-0.4, -0.2) is 30.1 Å². The van der Waals surface area contributed by atoms with Crippen molar-refractivity contribution in [2.24, 2.45) is 0 Å². The topological polar surface area (TPSA) is 32.3 Å². The number of nitrogens with zero attached hydrogens (tertiary/aromatic N) is 1. The number of nitrogens with one attached hydrogen (secondary N) is 1. The quantitative estimate of drug-likeness (QED) is 0.545. The van der Waals surface area contributed by atoms with E-state index < -0.39 is 0 Å². The fraction of sp³-hybridized carbons (Fsp3) is 0.875. The lowest BCUT2D eigenvalue weighted by atomic mass is 10.1. The largest absolute Gasteiger partial charge is 0.326 e. The SMILES string of the molecule is CN1C(=O)CNC12CCCC2. The Morgan fingerprint density at radius 1 is 1.45 bits per heavy atom. The number of likely N-dealkylation sites (N-methyl/N-ethyl adjacent to an activating group) is 1. The summed E-state index contributed by atoms with van der Waals surface area (Å²) in [6, 6.07) is 0. The van der Waals surface area contributed by atoms with E-state index in [0.29, 0.717) is 6.54 Å². The maximum absolute atomic E-state index is 11.2. The number of carbonyl (C=O) groups excluding carboxylic acids is 1. The molecule has 0 aromatic carbocycles. The molecule has 2 rings (SSSR count). The molecule has 1 amide bonds. The number of carbonyl (C=O) groups is 1. The maximum Gasteiger partial charge on any atom is 0.237 e. The Morgan fingerprint density at radius 2 is 2.09 bits per heavy atom. The molecule has 0 radical (unpaired) electrons. The highest BCUT2D eigenvalue weighted by Gasteiger charge is 2.44. The third kappa shape index (κ3) is 0.872. The summed E-state index contributed by atoms with van der Waals surface area (Å²) in [7, 11) is 1.91. The molecule has 2 aliphatic rings. The van der Waals surface area contributed by atoms with E-state index in [2.05, 4.69) is 5.32 Å². The Balaban J connectivity index is 2.19. The first-order valence-electron chi connectivity index (χ1n) is 4.26. The van der Waals surface area contributed by atoms with E-state index in [0.717, 1.165) is 12.8 Å². The lowest BCUT2D eigenvalue weighted by molar-refractivity contribution is -0.128. The molecule has 1 aliphatic heterocycles. The van der Waals surface area contributed by atoms with Crippen LogP contribution in [0.25, 0.3) is 0 Å². The molecule has 11 heavy (non-hydrogen) atoms. The van der Waals surface area contributed by atoms with E-state index in [4.69, 9.17) is 0 Å². The Kier molecular flexibility index (Phi) is 1.42. The van der Waals surface area contributed by atoms with Crippen LogP contribution in [0.3, 0.4) is 0 Å². The van der Waals surface area contributed by atoms with Crippen LogP contribution >= 0.6 is 0 Å². The average Bonchev–Trinajstić information content (AvgIpc) is 2.56. The van der Waals surface area contributed by atoms with Gasteiger partial charge in [-0.15, -0.1) is 0 Å². The molecule has 1 saturated carbocycles. The van der Waals surface area contributed by atoms with Gasteiger partial charge in [0.25, 0.3) is 0 Å². The summed E-state index contributed by atoms with van der Waals surface area (Å²) in [6.07, 6.45) is 4.78. The summed E-state index contributed by atoms with van der Waals surface area (Å²) in [5, 5.41) is 3.31. The lowest BCUT2D eigenvalue weighted by Gasteiger charge is -2.31. The molecular weight excluding hydrogens is 140 g/mol. The zero-order valence-electron chi connectivity index (χ0n) is 6.89. The van der Waals surface area contributed by atoms with E-state index in [1.807, 2.05) is 11.9 Å². The van der Waals surface area contributed by atoms with E-state index in [1.54, 1.807) is 0 Å². The first-order chi connectivity index (χ1) is 5.25. The normalized spacial score (nSPS) is 28.8. The smallest absolute Gasteiger partial charge is 0.237 e. The van der Waals surface area contributed by atoms with Gasteiger partial charge in [0.2, 0.25) is 5.91 Å². The minimum atomic E-state index is 0.0527. The zero-order valence-corrected chi connectivity index (χ0v) is 6.89. The van der Waals surface area contributed by atoms with Gasteiger partial charge in [0.1, 0.15) is 0 Å². The van der Waals surface area contributed by atoms with Gasteiger partial charge in [-0.25, -0.2) is 0 Å². The van der Waals surface area contributed by atoms with Gasteiger partial charge in [0, 0.05) is 7.05 Å². The van der Waals surface area contributed by atoms with Gasteiger partial charge in [-0.1, -0.05) is 0 Å². The fourth-order valence-electron chi connectivity index (χ4n) is 2.19. The van der Waals surface area contributed by atoms with Crippen LogP contribution in [0.5, 0.6) is 0 Å². The summed E-state index contributed by atoms with van der Waals surface area (Å²) < 4.78 is 0. The van der Waals surface area contributed by atoms with E-state index in [9.17, 15) is 4.79 Å². The standard InChI is InChI=1S/C8H14N2O/c1-10-7(11)6-9-8(10)4-2-3-5-8/h9H,2-6H2,1H3. The van der Waals surface area contributed by atoms with Gasteiger partial charge in [0.05, 0.1) is 12.2 Å². The van der Waals surface area contributed by atoms with Crippen molar-refractivity contribution in [3.8, 4) is 0 Å². The van der Waals surface area contributed by atoms with E-state index in [1.165, 1.54) is 12.8 Å². The lowest BCUT2D eigenvalue weighted by Crippen LogP contribution is -2.47. The summed E-state index contributed by atoms with van der Waals surface area (Å²) in [5.41, 5.74) is 0.0527. The van der Waals surface area contributed by atoms with Crippen molar-refractivity contribution >= 4 is 5.91 Å². The molecule has 3 heteroatoms. The fourth-order valence-corrected chi connectivity index (χ4v) is 2.19. The van der Waals surface area contributed by atoms with Crippen molar-refractivity contribution in [1.29, 1.82) is 0 Å². The van der Waals surface area contributed by atoms with Crippen molar-refractivity contribution in [3.63, 3.8) is 0 Å². The van der Waals surface area contributed by atoms with Crippen LogP contribution < -0.4 is 5.32 Å². The number of rotatable bonds is 0. The Morgan fingerprint density at radius 3 is 2.55 bits per heavy atom. The van der Waals surface area contributed by atoms with Crippen LogP contribution in [0.2, 0.25) is 0 Å². The molecule has 0 bridgehead atoms. The minimum Gasteiger partial charge on any atom is -0.326 e. The van der Waals surface area contributed by atoms with Gasteiger partial charge in [-0.05, 0) is 25.7 Å². The van der Waals surface area contributed by atoms with Crippen LogP contribution in [0.1, 0.15) is 25.7 Å². The number of amides is 1. The predicted molar refractivity (Wildman–Crippen MR) is 42.0 cm³/mol. The molecule has 1 aliphatic carbocycles. The Hall–Kier alpha value is -0.570. The summed E-state index contributed by atoms with van der Waals surface area (Å²) in [5.74, 6) is 0.243. The molecular formula is C8H14N2O. The van der Waals surface area contributed by atoms with Crippen molar-refractivity contribution in [1.82, 2.24) is 10.2 Å². The molecule has 1 heterocycles. The molecule has 1 spiro atoms. The molecule has 0 aromatic rings. The van der Waals surface area contributed by atoms with Gasteiger partial charge in [0.15, 0.2) is 0 Å². The molecule has 2 fully saturated rings. The average molecular weight is 154 g/mol. The van der Waals surface area contributed by atoms with E-state index in [-0.39, 0.29) is 11.6 Å². The second-order valence-electron chi connectivity index (χ2n) is 3.55. The van der Waals surface area contributed by atoms with Gasteiger partial charge >= 0.3 is 0 Å². The Bertz CT molecular complexity index is 185. The summed E-state index contributed by atoms with van der Waals surface area (Å²) in [4.78, 5) is 13.1. The molecule has 0 aromatic heterocycles. The molecule has 0 unspecified atom stereocenters. The van der Waals surface area contributed by atoms with Crippen molar-refractivity contribution in [2.75, 3.05) is 13.6 Å². The van der Waals surface area contributed by atoms with Crippen LogP contribution in [0.4, 0.5) is 0 Å². The van der Waals surface area contributed by atoms with Crippen LogP contribution in [0, 0.1) is 0 Å². The number of hydrogen-bond acceptors (Lipinski definition) is 2. The second kappa shape index (κ2) is 2.21. The van der Waals surface area contributed by atoms with E-state index >= 15 is 0 Å². The highest BCUT2D eigenvalue weighted by atomic mass is 16.2. The molecule has 1 saturated heterocycles. The number of hydrogen-bond donors (Lipinski definition) is 1. The molecule has 62 valence electrons. The summed E-state index contributed by atoms with van der Waals surface area (Å²) in [6.45, 7) is 0.538. The van der Waals surface area contributed by atoms with Crippen LogP contribution in [-0.2, 0) is 4.79 Å². The van der Waals surface area contributed by atoms with Gasteiger partial charge in [-0.2, -0.15) is 0 Å². The third-order valence-corrected chi connectivity index (χ3v) is 3.02. The highest BCUT2D eigenvalue weighted by molar-refractivity contribution is 5.81. The molecule has 3 nitrogen and oxygen atoms in total. The monoisotopic (exact) mass is 154 g/mol. The first kappa shape index (κ1) is 7.10. The van der Waals surface area contributed by atoms with Crippen molar-refractivity contribution in [3.05, 3.63) is 0 Å². The first-order valence-corrected chi connectivity index (χ1v) is 4.26. The second-order valence-corrected chi connectivity index (χ2v) is 3.55. The molecule has 0 atom stereocenters. The summed E-state index contributed by atoms with van der Waals surface area (Å²) >= 11 is 0. The van der Waals surface area contributed by atoms with Gasteiger partial charge < -0.3 is 4.90 Å². The maximum atomic E-state index is 11.2. The third-order valence-electron chi connectivity index (χ3n) is 3.02. The zero-order chi connectivity index (χ0) is 7.90. The highest BCUT2D eigenvalue weighted by Crippen LogP contribution is 2.34. The van der Waals surface area contributed by atoms with Gasteiger partial charge in [-0.3, -0.25) is 10.1 Å². The van der Waals surface area contributed by atoms with Crippen molar-refractivity contribution < 1.29 is 4.79 Å². The predicted octanol–water partition coefficient (Wildman–Crippen LogP) is 0.318. The van der Waals surface area contributed by atoms with Crippen LogP contribution in [0.15, 0.2) is 0 Å². The minimum absolute atomic E-state index is 0.0527. The van der Waals surface area contributed by atoms with Crippen molar-refractivity contribution in [2.45, 2.75) is 31.3 Å². The Labute approximate surface area is 66.8 Å². The molecule has 1 N–H and O–H groups in total.